The number of alkyl halides is 3. The van der Waals surface area contributed by atoms with E-state index in [9.17, 15) is 18.3 Å². The zero-order chi connectivity index (χ0) is 19.2. The predicted molar refractivity (Wildman–Crippen MR) is 92.2 cm³/mol. The number of halogens is 3. The van der Waals surface area contributed by atoms with Gasteiger partial charge in [0, 0.05) is 23.3 Å². The summed E-state index contributed by atoms with van der Waals surface area (Å²) < 4.78 is 51.8. The van der Waals surface area contributed by atoms with Crippen molar-refractivity contribution in [3.05, 3.63) is 33.8 Å². The van der Waals surface area contributed by atoms with Crippen LogP contribution in [-0.2, 0) is 0 Å². The van der Waals surface area contributed by atoms with Crippen molar-refractivity contribution in [2.45, 2.75) is 37.5 Å². The number of rotatable bonds is 2. The van der Waals surface area contributed by atoms with Crippen molar-refractivity contribution < 1.29 is 27.8 Å². The van der Waals surface area contributed by atoms with Crippen LogP contribution in [0.3, 0.4) is 0 Å². The van der Waals surface area contributed by atoms with Crippen LogP contribution in [0.4, 0.5) is 13.2 Å². The highest BCUT2D eigenvalue weighted by Gasteiger charge is 2.53. The molecular weight excluding hydrogens is 383 g/mol. The molecule has 2 aliphatic rings. The second kappa shape index (κ2) is 6.84. The third-order valence-corrected chi connectivity index (χ3v) is 5.49. The lowest BCUT2D eigenvalue weighted by Crippen LogP contribution is -2.43. The van der Waals surface area contributed by atoms with Crippen LogP contribution in [0.2, 0.25) is 0 Å². The normalized spacial score (nSPS) is 25.4. The van der Waals surface area contributed by atoms with Gasteiger partial charge in [0.15, 0.2) is 11.5 Å². The standard InChI is InChI=1S/C17H18F3N3O3S/c1-8-21-10(7-27-8)12-13(22-23-16(12)17(18,19)20)9-3-4-11-15(14(9)24)26-6-2-5-25-11/h3-4,7,12-13,16,22-24H,2,5-6H2,1H3. The van der Waals surface area contributed by atoms with Crippen LogP contribution in [0.5, 0.6) is 17.2 Å². The van der Waals surface area contributed by atoms with Crippen LogP contribution in [0.1, 0.15) is 34.6 Å². The molecule has 0 bridgehead atoms. The van der Waals surface area contributed by atoms with Crippen LogP contribution in [0, 0.1) is 6.92 Å². The lowest BCUT2D eigenvalue weighted by Gasteiger charge is -2.24. The second-order valence-electron chi connectivity index (χ2n) is 6.48. The van der Waals surface area contributed by atoms with Gasteiger partial charge in [-0.15, -0.1) is 11.3 Å². The molecule has 1 aromatic heterocycles. The molecule has 6 nitrogen and oxygen atoms in total. The Labute approximate surface area is 157 Å². The fraction of sp³-hybridized carbons (Fsp3) is 0.471. The van der Waals surface area contributed by atoms with E-state index in [1.165, 1.54) is 11.3 Å². The molecule has 3 heterocycles. The largest absolute Gasteiger partial charge is 0.504 e. The average Bonchev–Trinajstić information content (AvgIpc) is 3.15. The number of hydrazine groups is 1. The topological polar surface area (TPSA) is 75.6 Å². The second-order valence-corrected chi connectivity index (χ2v) is 7.55. The van der Waals surface area contributed by atoms with Crippen molar-refractivity contribution in [1.29, 1.82) is 0 Å². The van der Waals surface area contributed by atoms with Crippen LogP contribution in [0.25, 0.3) is 0 Å². The van der Waals surface area contributed by atoms with Crippen molar-refractivity contribution in [1.82, 2.24) is 15.8 Å². The van der Waals surface area contributed by atoms with Gasteiger partial charge in [0.2, 0.25) is 5.75 Å². The fourth-order valence-electron chi connectivity index (χ4n) is 3.47. The van der Waals surface area contributed by atoms with Crippen molar-refractivity contribution >= 4 is 11.3 Å². The summed E-state index contributed by atoms with van der Waals surface area (Å²) in [6.45, 7) is 2.55. The van der Waals surface area contributed by atoms with E-state index in [4.69, 9.17) is 9.47 Å². The summed E-state index contributed by atoms with van der Waals surface area (Å²) in [4.78, 5) is 4.27. The summed E-state index contributed by atoms with van der Waals surface area (Å²) >= 11 is 1.29. The number of fused-ring (bicyclic) bond motifs is 1. The summed E-state index contributed by atoms with van der Waals surface area (Å²) in [5.74, 6) is -0.706. The first-order valence-electron chi connectivity index (χ1n) is 8.47. The Morgan fingerprint density at radius 1 is 1.22 bits per heavy atom. The van der Waals surface area contributed by atoms with E-state index in [2.05, 4.69) is 15.8 Å². The quantitative estimate of drug-likeness (QED) is 0.718. The van der Waals surface area contributed by atoms with Gasteiger partial charge >= 0.3 is 6.18 Å². The van der Waals surface area contributed by atoms with Gasteiger partial charge in [-0.05, 0) is 19.1 Å². The van der Waals surface area contributed by atoms with Gasteiger partial charge in [0.25, 0.3) is 0 Å². The molecule has 0 spiro atoms. The van der Waals surface area contributed by atoms with E-state index in [0.29, 0.717) is 41.6 Å². The highest BCUT2D eigenvalue weighted by Crippen LogP contribution is 2.49. The summed E-state index contributed by atoms with van der Waals surface area (Å²) in [5.41, 5.74) is 5.65. The lowest BCUT2D eigenvalue weighted by atomic mass is 9.86. The van der Waals surface area contributed by atoms with Gasteiger partial charge in [0.05, 0.1) is 30.0 Å². The molecule has 2 aromatic rings. The molecule has 1 fully saturated rings. The van der Waals surface area contributed by atoms with Gasteiger partial charge in [0.1, 0.15) is 6.04 Å². The highest BCUT2D eigenvalue weighted by molar-refractivity contribution is 7.09. The monoisotopic (exact) mass is 401 g/mol. The molecule has 146 valence electrons. The smallest absolute Gasteiger partial charge is 0.405 e. The number of ether oxygens (including phenoxy) is 2. The zero-order valence-electron chi connectivity index (χ0n) is 14.3. The molecule has 0 saturated carbocycles. The maximum absolute atomic E-state index is 13.6. The lowest BCUT2D eigenvalue weighted by molar-refractivity contribution is -0.156. The maximum Gasteiger partial charge on any atom is 0.405 e. The van der Waals surface area contributed by atoms with E-state index >= 15 is 0 Å². The number of benzene rings is 1. The van der Waals surface area contributed by atoms with Crippen LogP contribution >= 0.6 is 11.3 Å². The summed E-state index contributed by atoms with van der Waals surface area (Å²) in [6, 6.07) is 0.504. The van der Waals surface area contributed by atoms with E-state index in [1.807, 2.05) is 0 Å². The van der Waals surface area contributed by atoms with Crippen LogP contribution < -0.4 is 20.3 Å². The Hall–Kier alpha value is -2.04. The number of nitrogens with zero attached hydrogens (tertiary/aromatic N) is 1. The molecule has 0 radical (unpaired) electrons. The molecule has 10 heteroatoms. The Kier molecular flexibility index (Phi) is 4.65. The Bertz CT molecular complexity index is 843. The zero-order valence-corrected chi connectivity index (χ0v) is 15.2. The fourth-order valence-corrected chi connectivity index (χ4v) is 4.13. The number of aromatic nitrogens is 1. The van der Waals surface area contributed by atoms with Gasteiger partial charge in [-0.25, -0.2) is 15.8 Å². The predicted octanol–water partition coefficient (Wildman–Crippen LogP) is 3.18. The van der Waals surface area contributed by atoms with E-state index in [1.54, 1.807) is 24.4 Å². The highest BCUT2D eigenvalue weighted by atomic mass is 32.1. The molecule has 3 unspecified atom stereocenters. The Balaban J connectivity index is 1.77. The van der Waals surface area contributed by atoms with Gasteiger partial charge in [-0.2, -0.15) is 13.2 Å². The number of nitrogens with one attached hydrogen (secondary N) is 2. The van der Waals surface area contributed by atoms with Crippen molar-refractivity contribution in [2.75, 3.05) is 13.2 Å². The molecule has 2 aliphatic heterocycles. The van der Waals surface area contributed by atoms with Crippen molar-refractivity contribution in [3.63, 3.8) is 0 Å². The first-order valence-corrected chi connectivity index (χ1v) is 9.35. The number of aryl methyl sites for hydroxylation is 1. The minimum Gasteiger partial charge on any atom is -0.504 e. The van der Waals surface area contributed by atoms with Crippen molar-refractivity contribution in [3.8, 4) is 17.2 Å². The summed E-state index contributed by atoms with van der Waals surface area (Å²) in [5, 5.41) is 13.0. The molecule has 0 amide bonds. The van der Waals surface area contributed by atoms with E-state index in [0.717, 1.165) is 0 Å². The summed E-state index contributed by atoms with van der Waals surface area (Å²) in [6.07, 6.45) is -3.82. The summed E-state index contributed by atoms with van der Waals surface area (Å²) in [7, 11) is 0. The molecule has 0 aliphatic carbocycles. The minimum absolute atomic E-state index is 0.162. The SMILES string of the molecule is Cc1nc(C2C(c3ccc4c(c3O)OCCCO4)NNC2C(F)(F)F)cs1. The molecular formula is C17H18F3N3O3S. The molecule has 1 aromatic carbocycles. The molecule has 4 rings (SSSR count). The molecule has 3 N–H and O–H groups in total. The molecule has 27 heavy (non-hydrogen) atoms. The number of thiazole rings is 1. The Morgan fingerprint density at radius 2 is 2.00 bits per heavy atom. The van der Waals surface area contributed by atoms with Crippen LogP contribution in [-0.4, -0.2) is 35.5 Å². The van der Waals surface area contributed by atoms with E-state index in [-0.39, 0.29) is 11.5 Å². The molecule has 3 atom stereocenters. The number of aromatic hydroxyl groups is 1. The third-order valence-electron chi connectivity index (χ3n) is 4.70. The first kappa shape index (κ1) is 18.3. The minimum atomic E-state index is -4.48. The third kappa shape index (κ3) is 3.32. The van der Waals surface area contributed by atoms with Gasteiger partial charge < -0.3 is 14.6 Å². The van der Waals surface area contributed by atoms with E-state index < -0.39 is 24.2 Å². The average molecular weight is 401 g/mol. The van der Waals surface area contributed by atoms with Crippen LogP contribution in [0.15, 0.2) is 17.5 Å². The number of phenols is 1. The molecule has 1 saturated heterocycles. The first-order chi connectivity index (χ1) is 12.9. The van der Waals surface area contributed by atoms with Gasteiger partial charge in [-0.3, -0.25) is 0 Å². The maximum atomic E-state index is 13.6. The number of hydrogen-bond donors (Lipinski definition) is 3. The Morgan fingerprint density at radius 3 is 2.70 bits per heavy atom. The van der Waals surface area contributed by atoms with Gasteiger partial charge in [-0.1, -0.05) is 0 Å². The number of phenolic OH excluding ortho intramolecular Hbond substituents is 1. The van der Waals surface area contributed by atoms with Crippen molar-refractivity contribution in [2.24, 2.45) is 0 Å². The number of hydrogen-bond acceptors (Lipinski definition) is 7.